The van der Waals surface area contributed by atoms with Gasteiger partial charge in [0.15, 0.2) is 5.96 Å². The highest BCUT2D eigenvalue weighted by Crippen LogP contribution is 2.04. The van der Waals surface area contributed by atoms with Crippen LogP contribution in [0.4, 0.5) is 0 Å². The molecule has 0 aliphatic heterocycles. The summed E-state index contributed by atoms with van der Waals surface area (Å²) in [7, 11) is -3.25. The van der Waals surface area contributed by atoms with E-state index in [2.05, 4.69) is 20.3 Å². The molecule has 0 aromatic heterocycles. The van der Waals surface area contributed by atoms with E-state index in [1.165, 1.54) is 0 Å². The van der Waals surface area contributed by atoms with E-state index < -0.39 is 15.6 Å². The zero-order valence-electron chi connectivity index (χ0n) is 13.8. The number of aliphatic imine (C=N–C) groups is 1. The third-order valence-electron chi connectivity index (χ3n) is 2.40. The van der Waals surface area contributed by atoms with E-state index in [-0.39, 0.29) is 0 Å². The summed E-state index contributed by atoms with van der Waals surface area (Å²) in [6.07, 6.45) is 2.04. The van der Waals surface area contributed by atoms with E-state index in [0.717, 1.165) is 32.4 Å². The zero-order chi connectivity index (χ0) is 16.4. The first-order valence-corrected chi connectivity index (χ1v) is 9.18. The van der Waals surface area contributed by atoms with Crippen molar-refractivity contribution in [2.75, 3.05) is 39.1 Å². The van der Waals surface area contributed by atoms with Gasteiger partial charge in [0.2, 0.25) is 10.0 Å². The van der Waals surface area contributed by atoms with Gasteiger partial charge in [0, 0.05) is 31.8 Å². The molecular formula is C13H30N4O3S. The Morgan fingerprint density at radius 1 is 1.24 bits per heavy atom. The maximum absolute atomic E-state index is 11.3. The molecule has 8 heteroatoms. The van der Waals surface area contributed by atoms with E-state index in [9.17, 15) is 8.42 Å². The fourth-order valence-corrected chi connectivity index (χ4v) is 2.75. The molecule has 0 atom stereocenters. The summed E-state index contributed by atoms with van der Waals surface area (Å²) in [5, 5.41) is 6.33. The second kappa shape index (κ2) is 9.97. The van der Waals surface area contributed by atoms with Gasteiger partial charge in [-0.05, 0) is 34.1 Å². The lowest BCUT2D eigenvalue weighted by Crippen LogP contribution is -2.46. The van der Waals surface area contributed by atoms with Crippen LogP contribution in [0.1, 0.15) is 34.1 Å². The summed E-state index contributed by atoms with van der Waals surface area (Å²) in [4.78, 5) is 4.41. The van der Waals surface area contributed by atoms with Gasteiger partial charge >= 0.3 is 0 Å². The van der Waals surface area contributed by atoms with Gasteiger partial charge in [0.05, 0.1) is 12.8 Å². The standard InChI is InChI=1S/C13H30N4O3S/c1-6-14-12(15-9-8-10-20-7-2)16-11-13(3,4)17-21(5,18)19/h17H,6-11H2,1-5H3,(H2,14,15,16). The Balaban J connectivity index is 4.37. The highest BCUT2D eigenvalue weighted by atomic mass is 32.2. The lowest BCUT2D eigenvalue weighted by atomic mass is 10.1. The van der Waals surface area contributed by atoms with E-state index in [1.54, 1.807) is 13.8 Å². The number of rotatable bonds is 10. The maximum Gasteiger partial charge on any atom is 0.209 e. The number of guanidine groups is 1. The molecule has 0 fully saturated rings. The number of hydrogen-bond donors (Lipinski definition) is 3. The van der Waals surface area contributed by atoms with Crippen LogP contribution in [0.25, 0.3) is 0 Å². The maximum atomic E-state index is 11.3. The highest BCUT2D eigenvalue weighted by Gasteiger charge is 2.21. The second-order valence-electron chi connectivity index (χ2n) is 5.43. The largest absolute Gasteiger partial charge is 0.382 e. The Labute approximate surface area is 129 Å². The van der Waals surface area contributed by atoms with Crippen LogP contribution in [-0.2, 0) is 14.8 Å². The van der Waals surface area contributed by atoms with Crippen LogP contribution in [0.2, 0.25) is 0 Å². The Hall–Kier alpha value is -0.860. The molecule has 126 valence electrons. The number of sulfonamides is 1. The van der Waals surface area contributed by atoms with Gasteiger partial charge in [-0.25, -0.2) is 13.1 Å². The minimum atomic E-state index is -3.25. The molecule has 0 aliphatic carbocycles. The Morgan fingerprint density at radius 2 is 1.90 bits per heavy atom. The lowest BCUT2D eigenvalue weighted by molar-refractivity contribution is 0.145. The fourth-order valence-electron chi connectivity index (χ4n) is 1.68. The van der Waals surface area contributed by atoms with E-state index >= 15 is 0 Å². The first-order valence-electron chi connectivity index (χ1n) is 7.29. The van der Waals surface area contributed by atoms with E-state index in [4.69, 9.17) is 4.74 Å². The topological polar surface area (TPSA) is 91.8 Å². The van der Waals surface area contributed by atoms with E-state index in [0.29, 0.717) is 19.1 Å². The zero-order valence-corrected chi connectivity index (χ0v) is 14.6. The quantitative estimate of drug-likeness (QED) is 0.306. The first-order chi connectivity index (χ1) is 9.70. The predicted molar refractivity (Wildman–Crippen MR) is 87.1 cm³/mol. The molecule has 0 aliphatic rings. The minimum absolute atomic E-state index is 0.348. The SMILES string of the molecule is CCNC(=NCC(C)(C)NS(C)(=O)=O)NCCCOCC. The monoisotopic (exact) mass is 322 g/mol. The number of ether oxygens (including phenoxy) is 1. The molecule has 0 amide bonds. The Bertz CT molecular complexity index is 408. The Morgan fingerprint density at radius 3 is 2.43 bits per heavy atom. The van der Waals surface area contributed by atoms with Crippen LogP contribution in [0, 0.1) is 0 Å². The van der Waals surface area contributed by atoms with Crippen molar-refractivity contribution in [1.29, 1.82) is 0 Å². The molecule has 7 nitrogen and oxygen atoms in total. The van der Waals surface area contributed by atoms with Crippen molar-refractivity contribution in [1.82, 2.24) is 15.4 Å². The normalized spacial score (nSPS) is 13.3. The highest BCUT2D eigenvalue weighted by molar-refractivity contribution is 7.88. The van der Waals surface area contributed by atoms with Crippen LogP contribution >= 0.6 is 0 Å². The summed E-state index contributed by atoms with van der Waals surface area (Å²) in [6, 6.07) is 0. The van der Waals surface area contributed by atoms with Crippen LogP contribution in [0.15, 0.2) is 4.99 Å². The van der Waals surface area contributed by atoms with Crippen molar-refractivity contribution in [3.05, 3.63) is 0 Å². The summed E-state index contributed by atoms with van der Waals surface area (Å²) < 4.78 is 30.4. The molecule has 0 saturated carbocycles. The molecule has 0 aromatic rings. The van der Waals surface area contributed by atoms with Crippen LogP contribution in [0.3, 0.4) is 0 Å². The van der Waals surface area contributed by atoms with Crippen molar-refractivity contribution in [3.8, 4) is 0 Å². The molecule has 3 N–H and O–H groups in total. The summed E-state index contributed by atoms with van der Waals surface area (Å²) >= 11 is 0. The number of nitrogens with zero attached hydrogens (tertiary/aromatic N) is 1. The average molecular weight is 322 g/mol. The van der Waals surface area contributed by atoms with Crippen LogP contribution in [0.5, 0.6) is 0 Å². The minimum Gasteiger partial charge on any atom is -0.382 e. The molecule has 21 heavy (non-hydrogen) atoms. The summed E-state index contributed by atoms with van der Waals surface area (Å²) in [5.74, 6) is 0.678. The number of hydrogen-bond acceptors (Lipinski definition) is 4. The van der Waals surface area contributed by atoms with Gasteiger partial charge in [-0.15, -0.1) is 0 Å². The van der Waals surface area contributed by atoms with Gasteiger partial charge in [0.25, 0.3) is 0 Å². The molecule has 0 spiro atoms. The summed E-state index contributed by atoms with van der Waals surface area (Å²) in [6.45, 7) is 10.8. The third-order valence-corrected chi connectivity index (χ3v) is 3.32. The molecule has 0 bridgehead atoms. The van der Waals surface area contributed by atoms with Crippen molar-refractivity contribution in [2.24, 2.45) is 4.99 Å². The van der Waals surface area contributed by atoms with E-state index in [1.807, 2.05) is 13.8 Å². The molecule has 0 rings (SSSR count). The van der Waals surface area contributed by atoms with Crippen molar-refractivity contribution in [2.45, 2.75) is 39.7 Å². The second-order valence-corrected chi connectivity index (χ2v) is 7.18. The number of nitrogens with one attached hydrogen (secondary N) is 3. The molecule has 0 heterocycles. The van der Waals surface area contributed by atoms with Crippen molar-refractivity contribution in [3.63, 3.8) is 0 Å². The van der Waals surface area contributed by atoms with Crippen molar-refractivity contribution >= 4 is 16.0 Å². The van der Waals surface area contributed by atoms with Crippen LogP contribution < -0.4 is 15.4 Å². The van der Waals surface area contributed by atoms with Gasteiger partial charge in [-0.1, -0.05) is 0 Å². The molecule has 0 aromatic carbocycles. The van der Waals surface area contributed by atoms with Crippen LogP contribution in [-0.4, -0.2) is 59.0 Å². The molecule has 0 unspecified atom stereocenters. The fraction of sp³-hybridized carbons (Fsp3) is 0.923. The van der Waals surface area contributed by atoms with Gasteiger partial charge in [-0.3, -0.25) is 4.99 Å². The summed E-state index contributed by atoms with van der Waals surface area (Å²) in [5.41, 5.74) is -0.624. The van der Waals surface area contributed by atoms with Gasteiger partial charge in [0.1, 0.15) is 0 Å². The predicted octanol–water partition coefficient (Wildman–Crippen LogP) is 0.296. The third kappa shape index (κ3) is 12.6. The molecular weight excluding hydrogens is 292 g/mol. The molecule has 0 saturated heterocycles. The Kier molecular flexibility index (Phi) is 9.56. The van der Waals surface area contributed by atoms with Crippen molar-refractivity contribution < 1.29 is 13.2 Å². The molecule has 0 radical (unpaired) electrons. The lowest BCUT2D eigenvalue weighted by Gasteiger charge is -2.23. The average Bonchev–Trinajstić information content (AvgIpc) is 2.32. The van der Waals surface area contributed by atoms with Gasteiger partial charge in [-0.2, -0.15) is 0 Å². The van der Waals surface area contributed by atoms with Gasteiger partial charge < -0.3 is 15.4 Å². The smallest absolute Gasteiger partial charge is 0.209 e. The first kappa shape index (κ1) is 20.1.